The van der Waals surface area contributed by atoms with Gasteiger partial charge in [0.05, 0.1) is 5.56 Å². The van der Waals surface area contributed by atoms with Gasteiger partial charge in [0.1, 0.15) is 17.5 Å². The molecule has 1 aliphatic rings. The highest BCUT2D eigenvalue weighted by Crippen LogP contribution is 2.29. The lowest BCUT2D eigenvalue weighted by Gasteiger charge is -2.30. The maximum Gasteiger partial charge on any atom is 0.269 e. The molecule has 0 spiro atoms. The zero-order valence-electron chi connectivity index (χ0n) is 19.0. The number of fused-ring (bicyclic) bond motifs is 1. The summed E-state index contributed by atoms with van der Waals surface area (Å²) in [5.74, 6) is -1.68. The SMILES string of the molecule is CC[C@H](C)NC(=O)[C@@H](C)N(CCc1ccccc1)C(=O)CN1C(=O)c2ccccc2S1(=O)=O. The maximum absolute atomic E-state index is 13.3. The summed E-state index contributed by atoms with van der Waals surface area (Å²) in [6.07, 6.45) is 1.21. The summed E-state index contributed by atoms with van der Waals surface area (Å²) in [6.45, 7) is 4.96. The standard InChI is InChI=1S/C24H29N3O5S/c1-4-17(2)25-23(29)18(3)26(15-14-19-10-6-5-7-11-19)22(28)16-27-24(30)20-12-8-9-13-21(20)33(27,31)32/h5-13,17-18H,4,14-16H2,1-3H3,(H,25,29)/t17-,18+/m0/s1. The van der Waals surface area contributed by atoms with E-state index in [0.717, 1.165) is 12.0 Å². The van der Waals surface area contributed by atoms with Gasteiger partial charge in [-0.25, -0.2) is 12.7 Å². The predicted molar refractivity (Wildman–Crippen MR) is 124 cm³/mol. The fourth-order valence-corrected chi connectivity index (χ4v) is 5.15. The largest absolute Gasteiger partial charge is 0.352 e. The van der Waals surface area contributed by atoms with Crippen LogP contribution in [0.15, 0.2) is 59.5 Å². The number of carbonyl (C=O) groups excluding carboxylic acids is 3. The van der Waals surface area contributed by atoms with Crippen molar-refractivity contribution in [3.05, 3.63) is 65.7 Å². The van der Waals surface area contributed by atoms with Crippen LogP contribution in [0.3, 0.4) is 0 Å². The van der Waals surface area contributed by atoms with Crippen LogP contribution in [0.1, 0.15) is 43.1 Å². The van der Waals surface area contributed by atoms with Gasteiger partial charge in [-0.05, 0) is 44.4 Å². The number of hydrogen-bond acceptors (Lipinski definition) is 5. The van der Waals surface area contributed by atoms with Crippen molar-refractivity contribution in [1.29, 1.82) is 0 Å². The van der Waals surface area contributed by atoms with Gasteiger partial charge in [0.15, 0.2) is 0 Å². The van der Waals surface area contributed by atoms with Crippen LogP contribution in [0.4, 0.5) is 0 Å². The van der Waals surface area contributed by atoms with Gasteiger partial charge in [-0.1, -0.05) is 49.4 Å². The molecule has 0 fully saturated rings. The minimum absolute atomic E-state index is 0.0451. The van der Waals surface area contributed by atoms with Crippen LogP contribution in [-0.4, -0.2) is 60.5 Å². The first-order valence-electron chi connectivity index (χ1n) is 11.0. The molecule has 0 aliphatic carbocycles. The molecule has 176 valence electrons. The van der Waals surface area contributed by atoms with Crippen molar-refractivity contribution in [2.45, 2.75) is 50.6 Å². The van der Waals surface area contributed by atoms with Gasteiger partial charge >= 0.3 is 0 Å². The monoisotopic (exact) mass is 471 g/mol. The van der Waals surface area contributed by atoms with Gasteiger partial charge < -0.3 is 10.2 Å². The molecule has 0 radical (unpaired) electrons. The van der Waals surface area contributed by atoms with Gasteiger partial charge in [0.25, 0.3) is 15.9 Å². The Morgan fingerprint density at radius 3 is 2.30 bits per heavy atom. The van der Waals surface area contributed by atoms with Gasteiger partial charge in [-0.2, -0.15) is 0 Å². The molecule has 0 saturated heterocycles. The topological polar surface area (TPSA) is 104 Å². The lowest BCUT2D eigenvalue weighted by atomic mass is 10.1. The molecule has 9 heteroatoms. The van der Waals surface area contributed by atoms with Crippen LogP contribution in [-0.2, 0) is 26.0 Å². The molecule has 1 heterocycles. The number of nitrogens with zero attached hydrogens (tertiary/aromatic N) is 2. The average Bonchev–Trinajstić information content (AvgIpc) is 3.00. The van der Waals surface area contributed by atoms with E-state index >= 15 is 0 Å². The number of nitrogens with one attached hydrogen (secondary N) is 1. The maximum atomic E-state index is 13.3. The number of sulfonamides is 1. The van der Waals surface area contributed by atoms with Gasteiger partial charge in [0.2, 0.25) is 11.8 Å². The molecule has 3 amide bonds. The highest BCUT2D eigenvalue weighted by molar-refractivity contribution is 7.90. The molecule has 8 nitrogen and oxygen atoms in total. The van der Waals surface area contributed by atoms with Crippen LogP contribution in [0.2, 0.25) is 0 Å². The molecule has 0 saturated carbocycles. The highest BCUT2D eigenvalue weighted by Gasteiger charge is 2.43. The smallest absolute Gasteiger partial charge is 0.269 e. The van der Waals surface area contributed by atoms with Gasteiger partial charge in [-0.15, -0.1) is 0 Å². The van der Waals surface area contributed by atoms with Crippen molar-refractivity contribution in [1.82, 2.24) is 14.5 Å². The zero-order chi connectivity index (χ0) is 24.2. The fourth-order valence-electron chi connectivity index (χ4n) is 3.64. The number of amides is 3. The molecule has 0 aromatic heterocycles. The van der Waals surface area contributed by atoms with Crippen LogP contribution >= 0.6 is 0 Å². The minimum Gasteiger partial charge on any atom is -0.352 e. The van der Waals surface area contributed by atoms with Crippen molar-refractivity contribution in [3.63, 3.8) is 0 Å². The van der Waals surface area contributed by atoms with E-state index < -0.39 is 34.4 Å². The molecule has 0 unspecified atom stereocenters. The van der Waals surface area contributed by atoms with Crippen LogP contribution in [0.5, 0.6) is 0 Å². The molecular weight excluding hydrogens is 442 g/mol. The molecule has 1 aliphatic heterocycles. The Morgan fingerprint density at radius 1 is 1.03 bits per heavy atom. The van der Waals surface area contributed by atoms with Crippen molar-refractivity contribution in [2.24, 2.45) is 0 Å². The first kappa shape index (κ1) is 24.4. The summed E-state index contributed by atoms with van der Waals surface area (Å²) < 4.78 is 26.3. The Balaban J connectivity index is 1.82. The van der Waals surface area contributed by atoms with E-state index in [1.54, 1.807) is 13.0 Å². The second-order valence-electron chi connectivity index (χ2n) is 8.13. The normalized spacial score (nSPS) is 16.1. The third kappa shape index (κ3) is 5.24. The summed E-state index contributed by atoms with van der Waals surface area (Å²) in [7, 11) is -4.12. The Bertz CT molecular complexity index is 1130. The van der Waals surface area contributed by atoms with E-state index in [2.05, 4.69) is 5.32 Å². The quantitative estimate of drug-likeness (QED) is 0.604. The fraction of sp³-hybridized carbons (Fsp3) is 0.375. The van der Waals surface area contributed by atoms with E-state index in [1.807, 2.05) is 44.2 Å². The van der Waals surface area contributed by atoms with E-state index in [4.69, 9.17) is 0 Å². The Morgan fingerprint density at radius 2 is 1.67 bits per heavy atom. The predicted octanol–water partition coefficient (Wildman–Crippen LogP) is 2.21. The lowest BCUT2D eigenvalue weighted by Crippen LogP contribution is -2.53. The molecule has 0 bridgehead atoms. The van der Waals surface area contributed by atoms with Crippen LogP contribution in [0, 0.1) is 0 Å². The van der Waals surface area contributed by atoms with Crippen LogP contribution in [0.25, 0.3) is 0 Å². The number of carbonyl (C=O) groups is 3. The molecule has 1 N–H and O–H groups in total. The van der Waals surface area contributed by atoms with Crippen molar-refractivity contribution in [3.8, 4) is 0 Å². The van der Waals surface area contributed by atoms with E-state index in [9.17, 15) is 22.8 Å². The third-order valence-electron chi connectivity index (χ3n) is 5.84. The molecule has 3 rings (SSSR count). The summed E-state index contributed by atoms with van der Waals surface area (Å²) in [5.41, 5.74) is 1.02. The highest BCUT2D eigenvalue weighted by atomic mass is 32.2. The number of hydrogen-bond donors (Lipinski definition) is 1. The molecule has 2 aromatic rings. The number of rotatable bonds is 9. The van der Waals surface area contributed by atoms with Crippen LogP contribution < -0.4 is 5.32 Å². The summed E-state index contributed by atoms with van der Waals surface area (Å²) in [5, 5.41) is 2.86. The van der Waals surface area contributed by atoms with Crippen molar-refractivity contribution < 1.29 is 22.8 Å². The lowest BCUT2D eigenvalue weighted by molar-refractivity contribution is -0.140. The Labute approximate surface area is 194 Å². The second kappa shape index (κ2) is 10.2. The van der Waals surface area contributed by atoms with Gasteiger partial charge in [-0.3, -0.25) is 14.4 Å². The molecular formula is C24H29N3O5S. The molecule has 2 aromatic carbocycles. The number of benzene rings is 2. The summed E-state index contributed by atoms with van der Waals surface area (Å²) in [6, 6.07) is 14.5. The second-order valence-corrected chi connectivity index (χ2v) is 9.96. The Kier molecular flexibility index (Phi) is 7.53. The summed E-state index contributed by atoms with van der Waals surface area (Å²) >= 11 is 0. The first-order valence-corrected chi connectivity index (χ1v) is 12.4. The Hall–Kier alpha value is -3.20. The third-order valence-corrected chi connectivity index (χ3v) is 7.63. The van der Waals surface area contributed by atoms with E-state index in [1.165, 1.54) is 23.1 Å². The van der Waals surface area contributed by atoms with Gasteiger partial charge in [0, 0.05) is 12.6 Å². The zero-order valence-corrected chi connectivity index (χ0v) is 19.8. The average molecular weight is 472 g/mol. The molecule has 2 atom stereocenters. The van der Waals surface area contributed by atoms with E-state index in [0.29, 0.717) is 10.7 Å². The first-order chi connectivity index (χ1) is 15.7. The van der Waals surface area contributed by atoms with Crippen molar-refractivity contribution in [2.75, 3.05) is 13.1 Å². The van der Waals surface area contributed by atoms with E-state index in [-0.39, 0.29) is 29.0 Å². The molecule has 33 heavy (non-hydrogen) atoms. The van der Waals surface area contributed by atoms with Crippen molar-refractivity contribution >= 4 is 27.7 Å². The minimum atomic E-state index is -4.12. The summed E-state index contributed by atoms with van der Waals surface area (Å²) in [4.78, 5) is 40.0.